The zero-order chi connectivity index (χ0) is 18.2. The van der Waals surface area contributed by atoms with Crippen molar-refractivity contribution in [3.63, 3.8) is 0 Å². The van der Waals surface area contributed by atoms with Gasteiger partial charge in [-0.3, -0.25) is 0 Å². The van der Waals surface area contributed by atoms with E-state index >= 15 is 0 Å². The SMILES string of the molecule is CC1(C)COC(c2cccc(Cl)c2)CN1S(=O)(=O)c1ccc(F)cc1. The summed E-state index contributed by atoms with van der Waals surface area (Å²) in [5.74, 6) is -0.475. The smallest absolute Gasteiger partial charge is 0.243 e. The van der Waals surface area contributed by atoms with E-state index in [0.717, 1.165) is 17.7 Å². The van der Waals surface area contributed by atoms with Crippen LogP contribution in [0.2, 0.25) is 5.02 Å². The molecular weight excluding hydrogens is 365 g/mol. The quantitative estimate of drug-likeness (QED) is 0.804. The standard InChI is InChI=1S/C18H19ClFNO3S/c1-18(2)12-24-17(13-4-3-5-14(19)10-13)11-21(18)25(22,23)16-8-6-15(20)7-9-16/h3-10,17H,11-12H2,1-2H3. The number of hydrogen-bond acceptors (Lipinski definition) is 3. The molecule has 0 radical (unpaired) electrons. The summed E-state index contributed by atoms with van der Waals surface area (Å²) in [6.45, 7) is 4.02. The molecule has 0 aliphatic carbocycles. The first kappa shape index (κ1) is 18.3. The second-order valence-electron chi connectivity index (χ2n) is 6.66. The van der Waals surface area contributed by atoms with Gasteiger partial charge in [0.15, 0.2) is 0 Å². The minimum Gasteiger partial charge on any atom is -0.370 e. The van der Waals surface area contributed by atoms with Crippen LogP contribution in [-0.4, -0.2) is 31.4 Å². The van der Waals surface area contributed by atoms with Gasteiger partial charge in [-0.05, 0) is 55.8 Å². The molecule has 2 aromatic carbocycles. The summed E-state index contributed by atoms with van der Waals surface area (Å²) in [7, 11) is -3.78. The first-order valence-corrected chi connectivity index (χ1v) is 9.67. The molecule has 1 aliphatic rings. The van der Waals surface area contributed by atoms with E-state index in [2.05, 4.69) is 0 Å². The topological polar surface area (TPSA) is 46.6 Å². The van der Waals surface area contributed by atoms with Crippen molar-refractivity contribution in [3.8, 4) is 0 Å². The Bertz CT molecular complexity index is 868. The molecule has 0 aromatic heterocycles. The van der Waals surface area contributed by atoms with Gasteiger partial charge < -0.3 is 4.74 Å². The van der Waals surface area contributed by atoms with Gasteiger partial charge in [-0.2, -0.15) is 4.31 Å². The summed E-state index contributed by atoms with van der Waals surface area (Å²) in [4.78, 5) is 0.0636. The molecular formula is C18H19ClFNO3S. The minimum absolute atomic E-state index is 0.0636. The normalized spacial score (nSPS) is 21.2. The van der Waals surface area contributed by atoms with E-state index in [1.165, 1.54) is 16.4 Å². The van der Waals surface area contributed by atoms with E-state index in [1.54, 1.807) is 18.2 Å². The molecule has 0 amide bonds. The molecule has 1 atom stereocenters. The first-order chi connectivity index (χ1) is 11.7. The first-order valence-electron chi connectivity index (χ1n) is 7.86. The highest BCUT2D eigenvalue weighted by Crippen LogP contribution is 2.35. The van der Waals surface area contributed by atoms with Crippen molar-refractivity contribution in [2.75, 3.05) is 13.2 Å². The van der Waals surface area contributed by atoms with E-state index in [1.807, 2.05) is 19.9 Å². The highest BCUT2D eigenvalue weighted by molar-refractivity contribution is 7.89. The Hall–Kier alpha value is -1.47. The van der Waals surface area contributed by atoms with Gasteiger partial charge in [0.25, 0.3) is 0 Å². The fraction of sp³-hybridized carbons (Fsp3) is 0.333. The van der Waals surface area contributed by atoms with Crippen molar-refractivity contribution in [2.24, 2.45) is 0 Å². The van der Waals surface area contributed by atoms with E-state index in [4.69, 9.17) is 16.3 Å². The third-order valence-corrected chi connectivity index (χ3v) is 6.59. The second kappa shape index (κ2) is 6.68. The van der Waals surface area contributed by atoms with Crippen molar-refractivity contribution >= 4 is 21.6 Å². The van der Waals surface area contributed by atoms with Crippen LogP contribution in [-0.2, 0) is 14.8 Å². The van der Waals surface area contributed by atoms with E-state index in [-0.39, 0.29) is 18.0 Å². The Morgan fingerprint density at radius 3 is 2.52 bits per heavy atom. The molecule has 25 heavy (non-hydrogen) atoms. The molecule has 1 fully saturated rings. The highest BCUT2D eigenvalue weighted by Gasteiger charge is 2.43. The molecule has 4 nitrogen and oxygen atoms in total. The minimum atomic E-state index is -3.78. The fourth-order valence-electron chi connectivity index (χ4n) is 2.89. The van der Waals surface area contributed by atoms with E-state index < -0.39 is 27.5 Å². The number of sulfonamides is 1. The summed E-state index contributed by atoms with van der Waals surface area (Å²) in [6, 6.07) is 12.0. The van der Waals surface area contributed by atoms with Crippen molar-refractivity contribution in [1.29, 1.82) is 0 Å². The van der Waals surface area contributed by atoms with Crippen LogP contribution in [0.1, 0.15) is 25.5 Å². The molecule has 1 unspecified atom stereocenters. The van der Waals surface area contributed by atoms with Crippen LogP contribution >= 0.6 is 11.6 Å². The van der Waals surface area contributed by atoms with Gasteiger partial charge in [-0.1, -0.05) is 23.7 Å². The van der Waals surface area contributed by atoms with Gasteiger partial charge in [-0.15, -0.1) is 0 Å². The predicted molar refractivity (Wildman–Crippen MR) is 94.5 cm³/mol. The Balaban J connectivity index is 1.95. The average Bonchev–Trinajstić information content (AvgIpc) is 2.54. The number of ether oxygens (including phenoxy) is 1. The van der Waals surface area contributed by atoms with Crippen LogP contribution in [0.15, 0.2) is 53.4 Å². The largest absolute Gasteiger partial charge is 0.370 e. The Morgan fingerprint density at radius 2 is 1.88 bits per heavy atom. The van der Waals surface area contributed by atoms with Crippen molar-refractivity contribution in [2.45, 2.75) is 30.4 Å². The Labute approximate surface area is 152 Å². The van der Waals surface area contributed by atoms with Gasteiger partial charge >= 0.3 is 0 Å². The summed E-state index contributed by atoms with van der Waals surface area (Å²) in [5.41, 5.74) is 0.102. The predicted octanol–water partition coefficient (Wildman–Crippen LogP) is 4.02. The molecule has 7 heteroatoms. The van der Waals surface area contributed by atoms with Gasteiger partial charge in [0.2, 0.25) is 10.0 Å². The number of morpholine rings is 1. The molecule has 0 saturated carbocycles. The van der Waals surface area contributed by atoms with Crippen molar-refractivity contribution in [3.05, 3.63) is 64.9 Å². The van der Waals surface area contributed by atoms with Gasteiger partial charge in [0.05, 0.1) is 23.1 Å². The van der Waals surface area contributed by atoms with Crippen molar-refractivity contribution < 1.29 is 17.5 Å². The number of hydrogen-bond donors (Lipinski definition) is 0. The monoisotopic (exact) mass is 383 g/mol. The molecule has 2 aromatic rings. The maximum absolute atomic E-state index is 13.1. The average molecular weight is 384 g/mol. The van der Waals surface area contributed by atoms with Crippen LogP contribution in [0.3, 0.4) is 0 Å². The number of rotatable bonds is 3. The zero-order valence-electron chi connectivity index (χ0n) is 13.9. The number of nitrogens with zero attached hydrogens (tertiary/aromatic N) is 1. The molecule has 0 N–H and O–H groups in total. The Kier molecular flexibility index (Phi) is 4.90. The van der Waals surface area contributed by atoms with Crippen molar-refractivity contribution in [1.82, 2.24) is 4.31 Å². The van der Waals surface area contributed by atoms with Gasteiger partial charge in [0, 0.05) is 11.6 Å². The summed E-state index contributed by atoms with van der Waals surface area (Å²) in [6.07, 6.45) is -0.415. The molecule has 3 rings (SSSR count). The lowest BCUT2D eigenvalue weighted by Crippen LogP contribution is -2.56. The van der Waals surface area contributed by atoms with Crippen LogP contribution in [0.25, 0.3) is 0 Å². The maximum atomic E-state index is 13.1. The lowest BCUT2D eigenvalue weighted by atomic mass is 10.0. The highest BCUT2D eigenvalue weighted by atomic mass is 35.5. The number of benzene rings is 2. The summed E-state index contributed by atoms with van der Waals surface area (Å²) in [5, 5.41) is 0.568. The molecule has 1 heterocycles. The molecule has 0 bridgehead atoms. The van der Waals surface area contributed by atoms with Crippen LogP contribution in [0.4, 0.5) is 4.39 Å². The third kappa shape index (κ3) is 3.72. The van der Waals surface area contributed by atoms with Crippen LogP contribution in [0, 0.1) is 5.82 Å². The van der Waals surface area contributed by atoms with E-state index in [9.17, 15) is 12.8 Å². The fourth-order valence-corrected chi connectivity index (χ4v) is 4.86. The molecule has 1 aliphatic heterocycles. The van der Waals surface area contributed by atoms with Crippen LogP contribution in [0.5, 0.6) is 0 Å². The number of halogens is 2. The van der Waals surface area contributed by atoms with Gasteiger partial charge in [-0.25, -0.2) is 12.8 Å². The molecule has 134 valence electrons. The molecule has 0 spiro atoms. The molecule has 1 saturated heterocycles. The lowest BCUT2D eigenvalue weighted by molar-refractivity contribution is -0.0655. The van der Waals surface area contributed by atoms with Gasteiger partial charge in [0.1, 0.15) is 5.82 Å². The maximum Gasteiger partial charge on any atom is 0.243 e. The van der Waals surface area contributed by atoms with E-state index in [0.29, 0.717) is 5.02 Å². The summed E-state index contributed by atoms with van der Waals surface area (Å²) >= 11 is 6.03. The lowest BCUT2D eigenvalue weighted by Gasteiger charge is -2.44. The second-order valence-corrected chi connectivity index (χ2v) is 8.96. The zero-order valence-corrected chi connectivity index (χ0v) is 15.5. The third-order valence-electron chi connectivity index (χ3n) is 4.27. The van der Waals surface area contributed by atoms with Crippen LogP contribution < -0.4 is 0 Å². The summed E-state index contributed by atoms with van der Waals surface area (Å²) < 4.78 is 46.6. The Morgan fingerprint density at radius 1 is 1.20 bits per heavy atom.